The van der Waals surface area contributed by atoms with Gasteiger partial charge in [0.15, 0.2) is 6.61 Å². The summed E-state index contributed by atoms with van der Waals surface area (Å²) >= 11 is 17.7. The second kappa shape index (κ2) is 10.00. The van der Waals surface area contributed by atoms with Gasteiger partial charge >= 0.3 is 5.97 Å². The number of benzene rings is 2. The fraction of sp³-hybridized carbons (Fsp3) is 0.105. The Morgan fingerprint density at radius 1 is 1.14 bits per heavy atom. The maximum atomic E-state index is 12.0. The lowest BCUT2D eigenvalue weighted by molar-refractivity contribution is -0.142. The minimum atomic E-state index is -0.943. The number of nitriles is 1. The van der Waals surface area contributed by atoms with Crippen LogP contribution in [-0.2, 0) is 14.3 Å². The van der Waals surface area contributed by atoms with Crippen molar-refractivity contribution in [2.45, 2.75) is 0 Å². The molecule has 0 spiro atoms. The first kappa shape index (κ1) is 21.6. The smallest absolute Gasteiger partial charge is 0.349 e. The fourth-order valence-corrected chi connectivity index (χ4v) is 2.96. The standard InChI is InChI=1S/C19H13Cl3N2O4/c1-27-14-4-2-11(3-5-14)6-12(9-23)19(26)28-10-17(25)24-18-15(21)7-13(20)8-16(18)22/h2-8H,10H2,1H3,(H,24,25)/b12-6+. The van der Waals surface area contributed by atoms with E-state index >= 15 is 0 Å². The van der Waals surface area contributed by atoms with E-state index in [1.807, 2.05) is 0 Å². The molecule has 2 rings (SSSR count). The molecule has 1 N–H and O–H groups in total. The van der Waals surface area contributed by atoms with Gasteiger partial charge in [-0.25, -0.2) is 4.79 Å². The summed E-state index contributed by atoms with van der Waals surface area (Å²) in [6, 6.07) is 11.2. The third kappa shape index (κ3) is 5.89. The van der Waals surface area contributed by atoms with E-state index in [4.69, 9.17) is 49.5 Å². The second-order valence-corrected chi connectivity index (χ2v) is 6.56. The molecular formula is C19H13Cl3N2O4. The Hall–Kier alpha value is -2.72. The van der Waals surface area contributed by atoms with Gasteiger partial charge in [0.1, 0.15) is 17.4 Å². The van der Waals surface area contributed by atoms with Crippen molar-refractivity contribution in [3.05, 3.63) is 62.6 Å². The lowest BCUT2D eigenvalue weighted by atomic mass is 10.1. The molecule has 144 valence electrons. The Labute approximate surface area is 176 Å². The first-order chi connectivity index (χ1) is 13.3. The van der Waals surface area contributed by atoms with Gasteiger partial charge in [-0.15, -0.1) is 0 Å². The Kier molecular flexibility index (Phi) is 7.70. The summed E-state index contributed by atoms with van der Waals surface area (Å²) in [7, 11) is 1.53. The lowest BCUT2D eigenvalue weighted by Gasteiger charge is -2.10. The number of carbonyl (C=O) groups excluding carboxylic acids is 2. The number of esters is 1. The van der Waals surface area contributed by atoms with Crippen LogP contribution < -0.4 is 10.1 Å². The molecule has 1 amide bonds. The topological polar surface area (TPSA) is 88.4 Å². The van der Waals surface area contributed by atoms with Crippen molar-refractivity contribution in [2.75, 3.05) is 19.0 Å². The van der Waals surface area contributed by atoms with E-state index in [0.29, 0.717) is 16.3 Å². The number of hydrogen-bond acceptors (Lipinski definition) is 5. The van der Waals surface area contributed by atoms with Crippen molar-refractivity contribution in [1.29, 1.82) is 5.26 Å². The van der Waals surface area contributed by atoms with Crippen molar-refractivity contribution < 1.29 is 19.1 Å². The van der Waals surface area contributed by atoms with E-state index in [1.54, 1.807) is 30.3 Å². The van der Waals surface area contributed by atoms with Gasteiger partial charge in [-0.1, -0.05) is 46.9 Å². The molecule has 9 heteroatoms. The molecule has 2 aromatic carbocycles. The van der Waals surface area contributed by atoms with Crippen molar-refractivity contribution >= 4 is 58.4 Å². The van der Waals surface area contributed by atoms with Crippen molar-refractivity contribution in [3.8, 4) is 11.8 Å². The zero-order valence-corrected chi connectivity index (χ0v) is 16.7. The quantitative estimate of drug-likeness (QED) is 0.399. The predicted molar refractivity (Wildman–Crippen MR) is 108 cm³/mol. The fourth-order valence-electron chi connectivity index (χ4n) is 2.05. The largest absolute Gasteiger partial charge is 0.497 e. The van der Waals surface area contributed by atoms with Gasteiger partial charge in [0.2, 0.25) is 0 Å². The van der Waals surface area contributed by atoms with Crippen LogP contribution in [0.1, 0.15) is 5.56 Å². The van der Waals surface area contributed by atoms with Crippen LogP contribution in [0.3, 0.4) is 0 Å². The number of hydrogen-bond donors (Lipinski definition) is 1. The van der Waals surface area contributed by atoms with Crippen LogP contribution in [0.15, 0.2) is 42.0 Å². The van der Waals surface area contributed by atoms with E-state index in [2.05, 4.69) is 5.32 Å². The van der Waals surface area contributed by atoms with Gasteiger partial charge in [0.05, 0.1) is 22.8 Å². The summed E-state index contributed by atoms with van der Waals surface area (Å²) in [6.07, 6.45) is 1.34. The molecule has 28 heavy (non-hydrogen) atoms. The first-order valence-electron chi connectivity index (χ1n) is 7.71. The average molecular weight is 440 g/mol. The molecule has 0 atom stereocenters. The number of amides is 1. The first-order valence-corrected chi connectivity index (χ1v) is 8.84. The van der Waals surface area contributed by atoms with Crippen LogP contribution in [0.5, 0.6) is 5.75 Å². The second-order valence-electron chi connectivity index (χ2n) is 5.31. The third-order valence-corrected chi connectivity index (χ3v) is 4.19. The molecule has 0 aromatic heterocycles. The number of anilines is 1. The van der Waals surface area contributed by atoms with E-state index in [-0.39, 0.29) is 21.3 Å². The molecule has 0 aliphatic rings. The monoisotopic (exact) mass is 438 g/mol. The van der Waals surface area contributed by atoms with Crippen molar-refractivity contribution in [2.24, 2.45) is 0 Å². The van der Waals surface area contributed by atoms with Crippen LogP contribution in [0, 0.1) is 11.3 Å². The van der Waals surface area contributed by atoms with E-state index in [9.17, 15) is 9.59 Å². The minimum absolute atomic E-state index is 0.134. The zero-order valence-electron chi connectivity index (χ0n) is 14.5. The number of rotatable bonds is 6. The van der Waals surface area contributed by atoms with Crippen molar-refractivity contribution in [3.63, 3.8) is 0 Å². The maximum absolute atomic E-state index is 12.0. The number of methoxy groups -OCH3 is 1. The summed E-state index contributed by atoms with van der Waals surface area (Å²) in [5.41, 5.74) is 0.474. The summed E-state index contributed by atoms with van der Waals surface area (Å²) in [5.74, 6) is -0.989. The molecule has 0 bridgehead atoms. The van der Waals surface area contributed by atoms with Gasteiger partial charge in [-0.3, -0.25) is 4.79 Å². The molecule has 0 saturated carbocycles. The van der Waals surface area contributed by atoms with Crippen LogP contribution in [0.25, 0.3) is 6.08 Å². The molecule has 0 radical (unpaired) electrons. The van der Waals surface area contributed by atoms with Crippen molar-refractivity contribution in [1.82, 2.24) is 0 Å². The molecule has 2 aromatic rings. The summed E-state index contributed by atoms with van der Waals surface area (Å²) in [4.78, 5) is 24.0. The Morgan fingerprint density at radius 2 is 1.75 bits per heavy atom. The Balaban J connectivity index is 2.00. The lowest BCUT2D eigenvalue weighted by Crippen LogP contribution is -2.21. The number of halogens is 3. The third-order valence-electron chi connectivity index (χ3n) is 3.37. The zero-order chi connectivity index (χ0) is 20.7. The van der Waals surface area contributed by atoms with Crippen LogP contribution in [0.2, 0.25) is 15.1 Å². The summed E-state index contributed by atoms with van der Waals surface area (Å²) in [5, 5.41) is 12.2. The normalized spacial score (nSPS) is 10.8. The van der Waals surface area contributed by atoms with Crippen LogP contribution in [-0.4, -0.2) is 25.6 Å². The SMILES string of the molecule is COc1ccc(/C=C(\C#N)C(=O)OCC(=O)Nc2c(Cl)cc(Cl)cc2Cl)cc1. The van der Waals surface area contributed by atoms with E-state index < -0.39 is 18.5 Å². The van der Waals surface area contributed by atoms with E-state index in [1.165, 1.54) is 25.3 Å². The minimum Gasteiger partial charge on any atom is -0.497 e. The molecule has 6 nitrogen and oxygen atoms in total. The highest BCUT2D eigenvalue weighted by Gasteiger charge is 2.15. The summed E-state index contributed by atoms with van der Waals surface area (Å²) in [6.45, 7) is -0.629. The van der Waals surface area contributed by atoms with Gasteiger partial charge in [-0.2, -0.15) is 5.26 Å². The Morgan fingerprint density at radius 3 is 2.29 bits per heavy atom. The Bertz CT molecular complexity index is 943. The number of carbonyl (C=O) groups is 2. The highest BCUT2D eigenvalue weighted by molar-refractivity contribution is 6.42. The van der Waals surface area contributed by atoms with Gasteiger partial charge in [0, 0.05) is 5.02 Å². The van der Waals surface area contributed by atoms with Gasteiger partial charge in [-0.05, 0) is 35.9 Å². The van der Waals surface area contributed by atoms with Gasteiger partial charge in [0.25, 0.3) is 5.91 Å². The molecule has 0 saturated heterocycles. The molecule has 0 fully saturated rings. The number of nitrogens with zero attached hydrogens (tertiary/aromatic N) is 1. The molecule has 0 unspecified atom stereocenters. The molecular weight excluding hydrogens is 427 g/mol. The highest BCUT2D eigenvalue weighted by Crippen LogP contribution is 2.33. The molecule has 0 aliphatic carbocycles. The maximum Gasteiger partial charge on any atom is 0.349 e. The van der Waals surface area contributed by atoms with Gasteiger partial charge < -0.3 is 14.8 Å². The molecule has 0 aliphatic heterocycles. The van der Waals surface area contributed by atoms with Crippen LogP contribution in [0.4, 0.5) is 5.69 Å². The average Bonchev–Trinajstić information content (AvgIpc) is 2.67. The van der Waals surface area contributed by atoms with E-state index in [0.717, 1.165) is 0 Å². The highest BCUT2D eigenvalue weighted by atomic mass is 35.5. The molecule has 0 heterocycles. The number of nitrogens with one attached hydrogen (secondary N) is 1. The number of ether oxygens (including phenoxy) is 2. The van der Waals surface area contributed by atoms with Crippen LogP contribution >= 0.6 is 34.8 Å². The summed E-state index contributed by atoms with van der Waals surface area (Å²) < 4.78 is 9.91. The predicted octanol–water partition coefficient (Wildman–Crippen LogP) is 4.74.